The number of hydrogen-bond acceptors (Lipinski definition) is 1. The highest BCUT2D eigenvalue weighted by molar-refractivity contribution is 14.1. The summed E-state index contributed by atoms with van der Waals surface area (Å²) in [6.07, 6.45) is 0. The average Bonchev–Trinajstić information content (AvgIpc) is 3.83. The summed E-state index contributed by atoms with van der Waals surface area (Å²) in [4.78, 5) is 2.32. The molecular weight excluding hydrogens is 854 g/mol. The second-order valence-corrected chi connectivity index (χ2v) is 16.8. The summed E-state index contributed by atoms with van der Waals surface area (Å²) in [5, 5.41) is 5.02. The van der Waals surface area contributed by atoms with Gasteiger partial charge in [-0.25, -0.2) is 0 Å². The van der Waals surface area contributed by atoms with E-state index in [9.17, 15) is 0 Å². The smallest absolute Gasteiger partial charge is 0.0541 e. The molecule has 0 aliphatic heterocycles. The Morgan fingerprint density at radius 2 is 0.721 bits per heavy atom. The Morgan fingerprint density at radius 3 is 1.16 bits per heavy atom. The lowest BCUT2D eigenvalue weighted by atomic mass is 10.0. The van der Waals surface area contributed by atoms with Crippen LogP contribution in [0.4, 0.5) is 17.1 Å². The molecule has 3 nitrogen and oxygen atoms in total. The number of aromatic nitrogens is 2. The number of benzene rings is 9. The molecule has 11 rings (SSSR count). The summed E-state index contributed by atoms with van der Waals surface area (Å²) < 4.78 is 5.81. The molecule has 0 atom stereocenters. The molecule has 4 heteroatoms. The van der Waals surface area contributed by atoms with E-state index < -0.39 is 0 Å². The molecule has 0 unspecified atom stereocenters. The molecule has 0 saturated carbocycles. The van der Waals surface area contributed by atoms with Gasteiger partial charge < -0.3 is 14.0 Å². The Kier molecular flexibility index (Phi) is 9.31. The molecule has 0 spiro atoms. The predicted molar refractivity (Wildman–Crippen MR) is 268 cm³/mol. The fourth-order valence-corrected chi connectivity index (χ4v) is 9.54. The van der Waals surface area contributed by atoms with Crippen molar-refractivity contribution in [1.82, 2.24) is 9.13 Å². The van der Waals surface area contributed by atoms with Crippen LogP contribution in [0.2, 0.25) is 0 Å². The summed E-state index contributed by atoms with van der Waals surface area (Å²) >= 11 is 2.43. The molecule has 9 aromatic carbocycles. The minimum atomic E-state index is 1.00. The van der Waals surface area contributed by atoms with Crippen molar-refractivity contribution in [3.63, 3.8) is 0 Å². The minimum Gasteiger partial charge on any atom is -0.311 e. The van der Waals surface area contributed by atoms with Crippen LogP contribution in [0.1, 0.15) is 16.7 Å². The number of para-hydroxylation sites is 2. The molecular formula is C57H42IN3. The van der Waals surface area contributed by atoms with Gasteiger partial charge in [0.05, 0.1) is 22.1 Å². The number of hydrogen-bond donors (Lipinski definition) is 0. The number of anilines is 3. The quantitative estimate of drug-likeness (QED) is 0.109. The van der Waals surface area contributed by atoms with Gasteiger partial charge in [-0.2, -0.15) is 0 Å². The molecule has 0 saturated heterocycles. The standard InChI is InChI=1S/C57H42IN3/c1-38-11-23-45(24-12-38)59(46-25-13-39(2)14-26-46)47-29-17-41(18-30-47)42-19-31-49(32-20-42)61-55-10-6-4-8-51(55)53-36-44(22-34-57(53)61)43-21-33-56-52(35-43)50-7-3-5-9-54(50)60(56)48-27-15-40(37-58)16-28-48/h3-36H,37H2,1-2H3. The van der Waals surface area contributed by atoms with Crippen LogP contribution >= 0.6 is 22.6 Å². The highest BCUT2D eigenvalue weighted by Crippen LogP contribution is 2.40. The first-order chi connectivity index (χ1) is 30.0. The van der Waals surface area contributed by atoms with Gasteiger partial charge in [0.1, 0.15) is 0 Å². The fourth-order valence-electron chi connectivity index (χ4n) is 9.04. The molecule has 0 radical (unpaired) electrons. The summed E-state index contributed by atoms with van der Waals surface area (Å²) in [6.45, 7) is 4.26. The van der Waals surface area contributed by atoms with Gasteiger partial charge in [0, 0.05) is 54.4 Å². The largest absolute Gasteiger partial charge is 0.311 e. The van der Waals surface area contributed by atoms with E-state index in [1.54, 1.807) is 0 Å². The molecule has 2 aromatic heterocycles. The van der Waals surface area contributed by atoms with Crippen LogP contribution in [0.5, 0.6) is 0 Å². The molecule has 0 bridgehead atoms. The number of alkyl halides is 1. The maximum absolute atomic E-state index is 2.43. The molecule has 0 aliphatic carbocycles. The van der Waals surface area contributed by atoms with Crippen LogP contribution in [-0.2, 0) is 4.43 Å². The van der Waals surface area contributed by atoms with Gasteiger partial charge in [0.15, 0.2) is 0 Å². The van der Waals surface area contributed by atoms with Gasteiger partial charge in [-0.05, 0) is 139 Å². The van der Waals surface area contributed by atoms with Crippen molar-refractivity contribution in [2.75, 3.05) is 4.90 Å². The van der Waals surface area contributed by atoms with Crippen LogP contribution < -0.4 is 4.90 Å². The zero-order chi connectivity index (χ0) is 41.0. The lowest BCUT2D eigenvalue weighted by Gasteiger charge is -2.26. The first kappa shape index (κ1) is 37.1. The van der Waals surface area contributed by atoms with E-state index in [0.717, 1.165) is 27.2 Å². The highest BCUT2D eigenvalue weighted by atomic mass is 127. The monoisotopic (exact) mass is 895 g/mol. The van der Waals surface area contributed by atoms with E-state index in [4.69, 9.17) is 0 Å². The average molecular weight is 896 g/mol. The second-order valence-electron chi connectivity index (χ2n) is 16.1. The van der Waals surface area contributed by atoms with Crippen LogP contribution in [0, 0.1) is 13.8 Å². The lowest BCUT2D eigenvalue weighted by Crippen LogP contribution is -2.09. The third kappa shape index (κ3) is 6.59. The van der Waals surface area contributed by atoms with Crippen molar-refractivity contribution in [3.8, 4) is 33.6 Å². The Bertz CT molecular complexity index is 3330. The van der Waals surface area contributed by atoms with Crippen LogP contribution in [0.15, 0.2) is 206 Å². The zero-order valence-electron chi connectivity index (χ0n) is 34.1. The second kappa shape index (κ2) is 15.3. The maximum Gasteiger partial charge on any atom is 0.0541 e. The zero-order valence-corrected chi connectivity index (χ0v) is 36.2. The van der Waals surface area contributed by atoms with Crippen molar-refractivity contribution in [3.05, 3.63) is 223 Å². The van der Waals surface area contributed by atoms with Crippen LogP contribution in [0.3, 0.4) is 0 Å². The highest BCUT2D eigenvalue weighted by Gasteiger charge is 2.17. The molecule has 0 aliphatic rings. The normalized spacial score (nSPS) is 11.6. The molecule has 2 heterocycles. The maximum atomic E-state index is 2.43. The van der Waals surface area contributed by atoms with E-state index >= 15 is 0 Å². The summed E-state index contributed by atoms with van der Waals surface area (Å²) in [7, 11) is 0. The Hall–Kier alpha value is -6.89. The number of rotatable bonds is 8. The SMILES string of the molecule is Cc1ccc(N(c2ccc(C)cc2)c2ccc(-c3ccc(-n4c5ccccc5c5cc(-c6ccc7c(c6)c6ccccc6n7-c6ccc(CI)cc6)ccc54)cc3)cc2)cc1. The van der Waals surface area contributed by atoms with Crippen molar-refractivity contribution in [1.29, 1.82) is 0 Å². The van der Waals surface area contributed by atoms with Gasteiger partial charge in [-0.1, -0.05) is 143 Å². The van der Waals surface area contributed by atoms with Crippen molar-refractivity contribution < 1.29 is 0 Å². The molecule has 0 N–H and O–H groups in total. The Morgan fingerprint density at radius 1 is 0.361 bits per heavy atom. The number of nitrogens with zero attached hydrogens (tertiary/aromatic N) is 3. The first-order valence-electron chi connectivity index (χ1n) is 20.9. The molecule has 0 amide bonds. The predicted octanol–water partition coefficient (Wildman–Crippen LogP) is 16.2. The molecule has 11 aromatic rings. The van der Waals surface area contributed by atoms with E-state index in [-0.39, 0.29) is 0 Å². The van der Waals surface area contributed by atoms with Gasteiger partial charge in [-0.3, -0.25) is 0 Å². The third-order valence-corrected chi connectivity index (χ3v) is 13.1. The van der Waals surface area contributed by atoms with Crippen molar-refractivity contribution in [2.24, 2.45) is 0 Å². The van der Waals surface area contributed by atoms with E-state index in [2.05, 4.69) is 257 Å². The fraction of sp³-hybridized carbons (Fsp3) is 0.0526. The van der Waals surface area contributed by atoms with E-state index in [1.807, 2.05) is 0 Å². The molecule has 61 heavy (non-hydrogen) atoms. The van der Waals surface area contributed by atoms with Crippen LogP contribution in [-0.4, -0.2) is 9.13 Å². The Balaban J connectivity index is 0.936. The van der Waals surface area contributed by atoms with Crippen LogP contribution in [0.25, 0.3) is 77.2 Å². The molecule has 292 valence electrons. The summed E-state index contributed by atoms with van der Waals surface area (Å²) in [5.74, 6) is 0. The van der Waals surface area contributed by atoms with E-state index in [0.29, 0.717) is 0 Å². The van der Waals surface area contributed by atoms with E-state index in [1.165, 1.54) is 88.2 Å². The van der Waals surface area contributed by atoms with Crippen molar-refractivity contribution >= 4 is 83.3 Å². The first-order valence-corrected chi connectivity index (χ1v) is 22.4. The van der Waals surface area contributed by atoms with Gasteiger partial charge in [0.2, 0.25) is 0 Å². The minimum absolute atomic E-state index is 1.00. The number of aryl methyl sites for hydroxylation is 2. The van der Waals surface area contributed by atoms with Gasteiger partial charge in [-0.15, -0.1) is 0 Å². The summed E-state index contributed by atoms with van der Waals surface area (Å²) in [6, 6.07) is 75.9. The van der Waals surface area contributed by atoms with Gasteiger partial charge >= 0.3 is 0 Å². The van der Waals surface area contributed by atoms with Gasteiger partial charge in [0.25, 0.3) is 0 Å². The van der Waals surface area contributed by atoms with Crippen molar-refractivity contribution in [2.45, 2.75) is 18.3 Å². The molecule has 0 fully saturated rings. The number of fused-ring (bicyclic) bond motifs is 6. The third-order valence-electron chi connectivity index (χ3n) is 12.2. The summed E-state index contributed by atoms with van der Waals surface area (Å²) in [5.41, 5.74) is 19.2. The topological polar surface area (TPSA) is 13.1 Å². The Labute approximate surface area is 369 Å². The number of halogens is 1. The lowest BCUT2D eigenvalue weighted by molar-refractivity contribution is 1.17.